The van der Waals surface area contributed by atoms with E-state index in [2.05, 4.69) is 20.4 Å². The number of nitrogens with zero attached hydrogens (tertiary/aromatic N) is 3. The third-order valence-corrected chi connectivity index (χ3v) is 4.96. The zero-order valence-electron chi connectivity index (χ0n) is 15.7. The van der Waals surface area contributed by atoms with Gasteiger partial charge in [-0.2, -0.15) is 4.98 Å². The van der Waals surface area contributed by atoms with Gasteiger partial charge in [0.15, 0.2) is 5.82 Å². The van der Waals surface area contributed by atoms with E-state index in [1.54, 1.807) is 6.26 Å². The average Bonchev–Trinajstić information content (AvgIpc) is 3.39. The molecular formula is C21H24N4O3. The van der Waals surface area contributed by atoms with Crippen LogP contribution in [0.1, 0.15) is 35.9 Å². The van der Waals surface area contributed by atoms with Crippen LogP contribution in [0.3, 0.4) is 0 Å². The molecule has 7 heteroatoms. The third kappa shape index (κ3) is 4.86. The first kappa shape index (κ1) is 18.4. The van der Waals surface area contributed by atoms with Crippen LogP contribution in [-0.2, 0) is 24.3 Å². The van der Waals surface area contributed by atoms with Crippen molar-refractivity contribution >= 4 is 5.91 Å². The lowest BCUT2D eigenvalue weighted by Crippen LogP contribution is -2.42. The van der Waals surface area contributed by atoms with Crippen molar-refractivity contribution < 1.29 is 13.7 Å². The molecule has 1 aliphatic heterocycles. The molecule has 146 valence electrons. The lowest BCUT2D eigenvalue weighted by atomic mass is 9.97. The van der Waals surface area contributed by atoms with Crippen LogP contribution in [0, 0.1) is 5.92 Å². The van der Waals surface area contributed by atoms with E-state index >= 15 is 0 Å². The fourth-order valence-corrected chi connectivity index (χ4v) is 3.56. The number of rotatable bonds is 7. The molecule has 1 saturated heterocycles. The number of hydrogen-bond donors (Lipinski definition) is 1. The minimum Gasteiger partial charge on any atom is -0.468 e. The molecule has 28 heavy (non-hydrogen) atoms. The fraction of sp³-hybridized carbons (Fsp3) is 0.381. The molecule has 1 N–H and O–H groups in total. The number of piperidine rings is 1. The fourth-order valence-electron chi connectivity index (χ4n) is 3.56. The van der Waals surface area contributed by atoms with Crippen LogP contribution in [0.5, 0.6) is 0 Å². The molecule has 1 aliphatic rings. The molecule has 3 aromatic rings. The molecule has 1 fully saturated rings. The van der Waals surface area contributed by atoms with Crippen molar-refractivity contribution in [3.05, 3.63) is 71.8 Å². The maximum absolute atomic E-state index is 12.6. The van der Waals surface area contributed by atoms with E-state index < -0.39 is 0 Å². The number of benzene rings is 1. The van der Waals surface area contributed by atoms with Gasteiger partial charge in [-0.3, -0.25) is 9.69 Å². The van der Waals surface area contributed by atoms with Gasteiger partial charge in [0.05, 0.1) is 25.3 Å². The molecule has 2 aromatic heterocycles. The summed E-state index contributed by atoms with van der Waals surface area (Å²) in [6.07, 6.45) is 4.19. The molecule has 1 aromatic carbocycles. The molecule has 4 rings (SSSR count). The lowest BCUT2D eigenvalue weighted by molar-refractivity contribution is -0.127. The van der Waals surface area contributed by atoms with E-state index in [-0.39, 0.29) is 18.4 Å². The number of carbonyl (C=O) groups is 1. The predicted molar refractivity (Wildman–Crippen MR) is 102 cm³/mol. The first-order valence-electron chi connectivity index (χ1n) is 9.64. The minimum atomic E-state index is -0.0320. The Morgan fingerprint density at radius 3 is 2.93 bits per heavy atom. The van der Waals surface area contributed by atoms with Gasteiger partial charge in [-0.1, -0.05) is 35.5 Å². The van der Waals surface area contributed by atoms with Gasteiger partial charge in [0.2, 0.25) is 11.8 Å². The first-order chi connectivity index (χ1) is 13.8. The van der Waals surface area contributed by atoms with Gasteiger partial charge < -0.3 is 14.3 Å². The maximum atomic E-state index is 12.6. The Morgan fingerprint density at radius 2 is 2.11 bits per heavy atom. The molecule has 3 heterocycles. The highest BCUT2D eigenvalue weighted by Crippen LogP contribution is 2.19. The van der Waals surface area contributed by atoms with E-state index in [9.17, 15) is 4.79 Å². The average molecular weight is 380 g/mol. The van der Waals surface area contributed by atoms with Crippen LogP contribution in [0.4, 0.5) is 0 Å². The number of furan rings is 1. The Balaban J connectivity index is 1.26. The molecule has 1 atom stereocenters. The van der Waals surface area contributed by atoms with Crippen molar-refractivity contribution in [1.29, 1.82) is 0 Å². The van der Waals surface area contributed by atoms with Crippen LogP contribution < -0.4 is 5.32 Å². The van der Waals surface area contributed by atoms with Gasteiger partial charge in [-0.15, -0.1) is 0 Å². The van der Waals surface area contributed by atoms with E-state index in [0.29, 0.717) is 18.1 Å². The van der Waals surface area contributed by atoms with Gasteiger partial charge in [-0.25, -0.2) is 0 Å². The zero-order chi connectivity index (χ0) is 19.2. The van der Waals surface area contributed by atoms with Crippen molar-refractivity contribution in [2.45, 2.75) is 32.4 Å². The molecule has 0 saturated carbocycles. The van der Waals surface area contributed by atoms with E-state index in [1.807, 2.05) is 42.5 Å². The second kappa shape index (κ2) is 8.84. The Hall–Kier alpha value is -2.93. The number of amides is 1. The monoisotopic (exact) mass is 380 g/mol. The van der Waals surface area contributed by atoms with E-state index in [4.69, 9.17) is 8.94 Å². The first-order valence-corrected chi connectivity index (χ1v) is 9.64. The molecule has 0 bridgehead atoms. The van der Waals surface area contributed by atoms with E-state index in [0.717, 1.165) is 43.8 Å². The SMILES string of the molecule is O=C(NCc1nc(Cc2ccccc2)no1)C1CCCN(Cc2ccco2)C1. The van der Waals surface area contributed by atoms with Gasteiger partial charge in [0.25, 0.3) is 0 Å². The quantitative estimate of drug-likeness (QED) is 0.678. The molecule has 0 radical (unpaired) electrons. The summed E-state index contributed by atoms with van der Waals surface area (Å²) in [6, 6.07) is 13.8. The van der Waals surface area contributed by atoms with Crippen molar-refractivity contribution in [3.8, 4) is 0 Å². The van der Waals surface area contributed by atoms with Crippen LogP contribution in [-0.4, -0.2) is 34.0 Å². The molecule has 7 nitrogen and oxygen atoms in total. The standard InChI is InChI=1S/C21H24N4O3/c26-21(17-8-4-10-25(14-17)15-18-9-5-11-27-18)22-13-20-23-19(24-28-20)12-16-6-2-1-3-7-16/h1-3,5-7,9,11,17H,4,8,10,12-15H2,(H,22,26). The number of nitrogens with one attached hydrogen (secondary N) is 1. The summed E-state index contributed by atoms with van der Waals surface area (Å²) < 4.78 is 10.7. The largest absolute Gasteiger partial charge is 0.468 e. The topological polar surface area (TPSA) is 84.4 Å². The van der Waals surface area contributed by atoms with Crippen LogP contribution in [0.15, 0.2) is 57.7 Å². The Labute approximate surface area is 163 Å². The lowest BCUT2D eigenvalue weighted by Gasteiger charge is -2.31. The van der Waals surface area contributed by atoms with Gasteiger partial charge in [0.1, 0.15) is 5.76 Å². The van der Waals surface area contributed by atoms with Crippen molar-refractivity contribution in [2.24, 2.45) is 5.92 Å². The zero-order valence-corrected chi connectivity index (χ0v) is 15.7. The summed E-state index contributed by atoms with van der Waals surface area (Å²) in [7, 11) is 0. The summed E-state index contributed by atoms with van der Waals surface area (Å²) >= 11 is 0. The van der Waals surface area contributed by atoms with Crippen LogP contribution >= 0.6 is 0 Å². The highest BCUT2D eigenvalue weighted by Gasteiger charge is 2.26. The Bertz CT molecular complexity index is 876. The third-order valence-electron chi connectivity index (χ3n) is 4.96. The van der Waals surface area contributed by atoms with Gasteiger partial charge in [0, 0.05) is 13.0 Å². The number of hydrogen-bond acceptors (Lipinski definition) is 6. The normalized spacial score (nSPS) is 17.5. The summed E-state index contributed by atoms with van der Waals surface area (Å²) in [5, 5.41) is 6.94. The van der Waals surface area contributed by atoms with Gasteiger partial charge in [-0.05, 0) is 37.1 Å². The predicted octanol–water partition coefficient (Wildman–Crippen LogP) is 2.78. The highest BCUT2D eigenvalue weighted by atomic mass is 16.5. The smallest absolute Gasteiger partial charge is 0.246 e. The molecule has 0 aliphatic carbocycles. The molecule has 1 unspecified atom stereocenters. The Kier molecular flexibility index (Phi) is 5.82. The highest BCUT2D eigenvalue weighted by molar-refractivity contribution is 5.78. The number of carbonyl (C=O) groups excluding carboxylic acids is 1. The molecule has 0 spiro atoms. The number of aromatic nitrogens is 2. The van der Waals surface area contributed by atoms with Crippen molar-refractivity contribution in [1.82, 2.24) is 20.4 Å². The van der Waals surface area contributed by atoms with Crippen LogP contribution in [0.2, 0.25) is 0 Å². The summed E-state index contributed by atoms with van der Waals surface area (Å²) in [6.45, 7) is 2.71. The second-order valence-electron chi connectivity index (χ2n) is 7.14. The molecular weight excluding hydrogens is 356 g/mol. The van der Waals surface area contributed by atoms with Gasteiger partial charge >= 0.3 is 0 Å². The summed E-state index contributed by atoms with van der Waals surface area (Å²) in [5.74, 6) is 1.99. The van der Waals surface area contributed by atoms with E-state index in [1.165, 1.54) is 0 Å². The summed E-state index contributed by atoms with van der Waals surface area (Å²) in [4.78, 5) is 19.2. The summed E-state index contributed by atoms with van der Waals surface area (Å²) in [5.41, 5.74) is 1.12. The van der Waals surface area contributed by atoms with Crippen molar-refractivity contribution in [2.75, 3.05) is 13.1 Å². The maximum Gasteiger partial charge on any atom is 0.246 e. The second-order valence-corrected chi connectivity index (χ2v) is 7.14. The molecule has 1 amide bonds. The Morgan fingerprint density at radius 1 is 1.21 bits per heavy atom. The van der Waals surface area contributed by atoms with Crippen LogP contribution in [0.25, 0.3) is 0 Å². The minimum absolute atomic E-state index is 0.0320. The number of likely N-dealkylation sites (tertiary alicyclic amines) is 1. The van der Waals surface area contributed by atoms with Crippen molar-refractivity contribution in [3.63, 3.8) is 0 Å².